The smallest absolute Gasteiger partial charge is 0.380 e. The molecule has 0 aromatic rings. The molecular formula is C13H24F3NO2S. The van der Waals surface area contributed by atoms with E-state index >= 15 is 0 Å². The average Bonchev–Trinajstić information content (AvgIpc) is 2.11. The van der Waals surface area contributed by atoms with Crippen molar-refractivity contribution < 1.29 is 22.5 Å². The molecule has 0 rings (SSSR count). The number of halogens is 3. The van der Waals surface area contributed by atoms with E-state index in [1.807, 2.05) is 0 Å². The third-order valence-corrected chi connectivity index (χ3v) is 4.14. The van der Waals surface area contributed by atoms with E-state index in [4.69, 9.17) is 0 Å². The first kappa shape index (κ1) is 19.6. The van der Waals surface area contributed by atoms with Crippen LogP contribution >= 0.6 is 0 Å². The van der Waals surface area contributed by atoms with Crippen LogP contribution in [0.4, 0.5) is 13.2 Å². The highest BCUT2D eigenvalue weighted by Crippen LogP contribution is 2.36. The molecular weight excluding hydrogens is 291 g/mol. The summed E-state index contributed by atoms with van der Waals surface area (Å²) in [6.45, 7) is 10.8. The maximum absolute atomic E-state index is 12.8. The maximum atomic E-state index is 12.8. The minimum Gasteiger partial charge on any atom is -0.380 e. The Kier molecular flexibility index (Phi) is 5.63. The van der Waals surface area contributed by atoms with Gasteiger partial charge in [0.1, 0.15) is 11.0 Å². The van der Waals surface area contributed by atoms with Gasteiger partial charge in [0.25, 0.3) is 0 Å². The summed E-state index contributed by atoms with van der Waals surface area (Å²) in [6, 6.07) is 0. The summed E-state index contributed by atoms with van der Waals surface area (Å²) < 4.78 is 53.6. The van der Waals surface area contributed by atoms with E-state index in [0.29, 0.717) is 6.92 Å². The fraction of sp³-hybridized carbons (Fsp3) is 0.923. The number of hydrogen-bond donors (Lipinski definition) is 1. The Balaban J connectivity index is 5.55. The van der Waals surface area contributed by atoms with Crippen LogP contribution in [0.1, 0.15) is 54.9 Å². The summed E-state index contributed by atoms with van der Waals surface area (Å²) in [4.78, 5) is 0. The molecule has 0 aromatic carbocycles. The molecule has 0 spiro atoms. The van der Waals surface area contributed by atoms with Gasteiger partial charge in [0, 0.05) is 17.5 Å². The van der Waals surface area contributed by atoms with Crippen molar-refractivity contribution in [3.05, 3.63) is 0 Å². The minimum atomic E-state index is -4.76. The molecule has 0 aliphatic rings. The van der Waals surface area contributed by atoms with Gasteiger partial charge in [0.2, 0.25) is 0 Å². The van der Waals surface area contributed by atoms with Crippen molar-refractivity contribution in [3.8, 4) is 0 Å². The molecule has 2 atom stereocenters. The van der Waals surface area contributed by atoms with Gasteiger partial charge < -0.3 is 5.11 Å². The lowest BCUT2D eigenvalue weighted by Crippen LogP contribution is -2.46. The summed E-state index contributed by atoms with van der Waals surface area (Å²) in [5, 5.41) is 9.60. The summed E-state index contributed by atoms with van der Waals surface area (Å²) >= 11 is 0. The lowest BCUT2D eigenvalue weighted by molar-refractivity contribution is -0.250. The second kappa shape index (κ2) is 5.75. The highest BCUT2D eigenvalue weighted by atomic mass is 32.2. The summed E-state index contributed by atoms with van der Waals surface area (Å²) in [6.07, 6.45) is -5.45. The van der Waals surface area contributed by atoms with Gasteiger partial charge in [-0.25, -0.2) is 4.21 Å². The van der Waals surface area contributed by atoms with Crippen LogP contribution in [-0.4, -0.2) is 31.6 Å². The van der Waals surface area contributed by atoms with Crippen LogP contribution in [0, 0.1) is 5.41 Å². The van der Waals surface area contributed by atoms with Crippen LogP contribution < -0.4 is 0 Å². The molecule has 0 amide bonds. The SMILES string of the molecule is CC(C)(C)/C(C[C@](C)(O)C(F)(F)F)=N/[S@](=O)C(C)(C)C. The van der Waals surface area contributed by atoms with Crippen molar-refractivity contribution >= 4 is 16.7 Å². The lowest BCUT2D eigenvalue weighted by Gasteiger charge is -2.31. The zero-order valence-electron chi connectivity index (χ0n) is 13.1. The van der Waals surface area contributed by atoms with Crippen LogP contribution in [0.2, 0.25) is 0 Å². The highest BCUT2D eigenvalue weighted by Gasteiger charge is 2.51. The average molecular weight is 315 g/mol. The minimum absolute atomic E-state index is 0.0908. The van der Waals surface area contributed by atoms with Gasteiger partial charge >= 0.3 is 6.18 Å². The molecule has 0 bridgehead atoms. The van der Waals surface area contributed by atoms with Crippen LogP contribution in [0.15, 0.2) is 4.40 Å². The number of hydrogen-bond acceptors (Lipinski definition) is 2. The Labute approximate surface area is 121 Å². The Morgan fingerprint density at radius 3 is 1.70 bits per heavy atom. The molecule has 0 aliphatic heterocycles. The monoisotopic (exact) mass is 315 g/mol. The molecule has 0 saturated heterocycles. The summed E-state index contributed by atoms with van der Waals surface area (Å²) in [7, 11) is -1.67. The zero-order valence-corrected chi connectivity index (χ0v) is 13.9. The van der Waals surface area contributed by atoms with E-state index < -0.39 is 39.3 Å². The molecule has 0 radical (unpaired) electrons. The van der Waals surface area contributed by atoms with Gasteiger partial charge in [-0.2, -0.15) is 17.6 Å². The van der Waals surface area contributed by atoms with Crippen LogP contribution in [0.5, 0.6) is 0 Å². The first-order valence-electron chi connectivity index (χ1n) is 6.27. The second-order valence-electron chi connectivity index (χ2n) is 7.10. The molecule has 1 N–H and O–H groups in total. The molecule has 0 aliphatic carbocycles. The first-order chi connectivity index (χ1) is 8.48. The number of nitrogens with zero attached hydrogens (tertiary/aromatic N) is 1. The van der Waals surface area contributed by atoms with Crippen molar-refractivity contribution in [3.63, 3.8) is 0 Å². The number of aliphatic hydroxyl groups is 1. The van der Waals surface area contributed by atoms with E-state index in [9.17, 15) is 22.5 Å². The van der Waals surface area contributed by atoms with E-state index in [2.05, 4.69) is 4.40 Å². The molecule has 3 nitrogen and oxygen atoms in total. The third kappa shape index (κ3) is 5.52. The Morgan fingerprint density at radius 1 is 1.05 bits per heavy atom. The molecule has 7 heteroatoms. The third-order valence-electron chi connectivity index (χ3n) is 2.71. The molecule has 0 heterocycles. The fourth-order valence-corrected chi connectivity index (χ4v) is 1.91. The molecule has 0 saturated carbocycles. The Bertz CT molecular complexity index is 401. The fourth-order valence-electron chi connectivity index (χ4n) is 1.10. The number of alkyl halides is 3. The van der Waals surface area contributed by atoms with Gasteiger partial charge in [-0.3, -0.25) is 0 Å². The topological polar surface area (TPSA) is 49.7 Å². The predicted octanol–water partition coefficient (Wildman–Crippen LogP) is 3.64. The largest absolute Gasteiger partial charge is 0.417 e. The van der Waals surface area contributed by atoms with Gasteiger partial charge in [0.05, 0.1) is 4.75 Å². The Hall–Kier alpha value is -0.430. The van der Waals surface area contributed by atoms with Crippen molar-refractivity contribution in [2.45, 2.75) is 71.4 Å². The van der Waals surface area contributed by atoms with E-state index in [0.717, 1.165) is 0 Å². The van der Waals surface area contributed by atoms with Crippen molar-refractivity contribution in [1.29, 1.82) is 0 Å². The molecule has 0 unspecified atom stereocenters. The zero-order chi connectivity index (χ0) is 16.6. The summed E-state index contributed by atoms with van der Waals surface area (Å²) in [5.74, 6) is 0. The first-order valence-corrected chi connectivity index (χ1v) is 7.38. The van der Waals surface area contributed by atoms with E-state index in [1.165, 1.54) is 0 Å². The highest BCUT2D eigenvalue weighted by molar-refractivity contribution is 7.85. The van der Waals surface area contributed by atoms with Gasteiger partial charge in [-0.05, 0) is 27.7 Å². The van der Waals surface area contributed by atoms with Gasteiger partial charge in [0.15, 0.2) is 5.60 Å². The second-order valence-corrected chi connectivity index (χ2v) is 9.00. The number of rotatable bonds is 3. The molecule has 20 heavy (non-hydrogen) atoms. The Morgan fingerprint density at radius 2 is 1.45 bits per heavy atom. The van der Waals surface area contributed by atoms with Gasteiger partial charge in [-0.1, -0.05) is 20.8 Å². The van der Waals surface area contributed by atoms with Crippen LogP contribution in [0.25, 0.3) is 0 Å². The normalized spacial score (nSPS) is 19.6. The van der Waals surface area contributed by atoms with Crippen molar-refractivity contribution in [2.75, 3.05) is 0 Å². The van der Waals surface area contributed by atoms with Crippen LogP contribution in [0.3, 0.4) is 0 Å². The summed E-state index contributed by atoms with van der Waals surface area (Å²) in [5.41, 5.74) is -3.51. The van der Waals surface area contributed by atoms with E-state index in [1.54, 1.807) is 41.5 Å². The molecule has 120 valence electrons. The van der Waals surface area contributed by atoms with Crippen LogP contribution in [-0.2, 0) is 11.0 Å². The van der Waals surface area contributed by atoms with Crippen molar-refractivity contribution in [1.82, 2.24) is 0 Å². The van der Waals surface area contributed by atoms with Crippen molar-refractivity contribution in [2.24, 2.45) is 9.81 Å². The van der Waals surface area contributed by atoms with Gasteiger partial charge in [-0.15, -0.1) is 0 Å². The standard InChI is InChI=1S/C13H24F3NO2S/c1-10(2,3)9(17-20(19)11(4,5)6)8-12(7,18)13(14,15)16/h18H,8H2,1-7H3/b17-9+/t12-,20+/m0/s1. The maximum Gasteiger partial charge on any atom is 0.417 e. The quantitative estimate of drug-likeness (QED) is 0.808. The molecule has 0 aromatic heterocycles. The van der Waals surface area contributed by atoms with E-state index in [-0.39, 0.29) is 5.71 Å². The lowest BCUT2D eigenvalue weighted by atomic mass is 9.83. The predicted molar refractivity (Wildman–Crippen MR) is 76.1 cm³/mol. The molecule has 0 fully saturated rings.